The fourth-order valence-electron chi connectivity index (χ4n) is 2.12. The molecule has 0 aliphatic heterocycles. The lowest BCUT2D eigenvalue weighted by molar-refractivity contribution is -0.112. The molecular formula is C19H15ClN2O4. The summed E-state index contributed by atoms with van der Waals surface area (Å²) >= 11 is 5.79. The fraction of sp³-hybridized carbons (Fsp3) is 0.105. The van der Waals surface area contributed by atoms with Crippen LogP contribution in [-0.4, -0.2) is 23.6 Å². The number of nitriles is 1. The van der Waals surface area contributed by atoms with Crippen molar-refractivity contribution in [3.8, 4) is 11.8 Å². The lowest BCUT2D eigenvalue weighted by Crippen LogP contribution is -2.13. The zero-order valence-electron chi connectivity index (χ0n) is 13.8. The van der Waals surface area contributed by atoms with E-state index in [0.717, 1.165) is 0 Å². The first-order valence-electron chi connectivity index (χ1n) is 7.63. The summed E-state index contributed by atoms with van der Waals surface area (Å²) in [6, 6.07) is 12.5. The third-order valence-electron chi connectivity index (χ3n) is 3.32. The number of carboxylic acid groups (broad SMARTS) is 1. The molecular weight excluding hydrogens is 356 g/mol. The number of anilines is 1. The Labute approximate surface area is 155 Å². The van der Waals surface area contributed by atoms with Crippen LogP contribution in [0.5, 0.6) is 5.75 Å². The van der Waals surface area contributed by atoms with Gasteiger partial charge in [-0.25, -0.2) is 4.79 Å². The van der Waals surface area contributed by atoms with Crippen molar-refractivity contribution in [2.45, 2.75) is 6.92 Å². The van der Waals surface area contributed by atoms with Crippen molar-refractivity contribution >= 4 is 35.2 Å². The van der Waals surface area contributed by atoms with Crippen molar-refractivity contribution in [3.63, 3.8) is 0 Å². The van der Waals surface area contributed by atoms with Crippen LogP contribution in [0.3, 0.4) is 0 Å². The smallest absolute Gasteiger partial charge is 0.335 e. The van der Waals surface area contributed by atoms with E-state index in [4.69, 9.17) is 21.4 Å². The molecule has 132 valence electrons. The van der Waals surface area contributed by atoms with Crippen molar-refractivity contribution in [1.29, 1.82) is 5.26 Å². The summed E-state index contributed by atoms with van der Waals surface area (Å²) in [6.07, 6.45) is 1.29. The van der Waals surface area contributed by atoms with Crippen LogP contribution in [-0.2, 0) is 4.79 Å². The molecule has 2 aromatic rings. The highest BCUT2D eigenvalue weighted by molar-refractivity contribution is 6.30. The van der Waals surface area contributed by atoms with Crippen LogP contribution < -0.4 is 10.1 Å². The van der Waals surface area contributed by atoms with Crippen molar-refractivity contribution < 1.29 is 19.4 Å². The summed E-state index contributed by atoms with van der Waals surface area (Å²) in [7, 11) is 0. The molecule has 0 unspecified atom stereocenters. The first-order chi connectivity index (χ1) is 12.4. The first-order valence-corrected chi connectivity index (χ1v) is 8.01. The summed E-state index contributed by atoms with van der Waals surface area (Å²) in [6.45, 7) is 2.13. The number of halogens is 1. The number of aromatic carboxylic acids is 1. The Kier molecular flexibility index (Phi) is 6.36. The molecule has 0 aromatic heterocycles. The van der Waals surface area contributed by atoms with Crippen LogP contribution in [0, 0.1) is 11.3 Å². The molecule has 26 heavy (non-hydrogen) atoms. The maximum Gasteiger partial charge on any atom is 0.335 e. The van der Waals surface area contributed by atoms with Gasteiger partial charge in [0.05, 0.1) is 12.2 Å². The van der Waals surface area contributed by atoms with Crippen molar-refractivity contribution in [2.24, 2.45) is 0 Å². The first kappa shape index (κ1) is 19.0. The second-order valence-electron chi connectivity index (χ2n) is 5.12. The van der Waals surface area contributed by atoms with Crippen molar-refractivity contribution in [3.05, 3.63) is 64.2 Å². The van der Waals surface area contributed by atoms with Gasteiger partial charge in [-0.15, -0.1) is 0 Å². The normalized spacial score (nSPS) is 10.7. The number of nitrogens with one attached hydrogen (secondary N) is 1. The summed E-state index contributed by atoms with van der Waals surface area (Å²) in [5, 5.41) is 21.6. The summed E-state index contributed by atoms with van der Waals surface area (Å²) in [5.41, 5.74) is 0.637. The largest absolute Gasteiger partial charge is 0.493 e. The topological polar surface area (TPSA) is 99.4 Å². The van der Waals surface area contributed by atoms with Crippen LogP contribution in [0.15, 0.2) is 48.0 Å². The summed E-state index contributed by atoms with van der Waals surface area (Å²) in [4.78, 5) is 23.5. The number of hydrogen-bond acceptors (Lipinski definition) is 4. The Morgan fingerprint density at radius 1 is 1.27 bits per heavy atom. The number of carboxylic acids is 1. The summed E-state index contributed by atoms with van der Waals surface area (Å²) in [5.74, 6) is -1.37. The second-order valence-corrected chi connectivity index (χ2v) is 5.56. The van der Waals surface area contributed by atoms with E-state index in [9.17, 15) is 14.9 Å². The van der Waals surface area contributed by atoms with Gasteiger partial charge in [-0.3, -0.25) is 4.79 Å². The van der Waals surface area contributed by atoms with Gasteiger partial charge < -0.3 is 15.2 Å². The number of nitrogens with zero attached hydrogens (tertiary/aromatic N) is 1. The lowest BCUT2D eigenvalue weighted by atomic mass is 10.1. The predicted molar refractivity (Wildman–Crippen MR) is 98.2 cm³/mol. The standard InChI is InChI=1S/C19H15ClN2O4/c1-2-26-17-8-3-12(19(24)25)9-13(17)10-14(11-21)18(23)22-16-6-4-15(20)5-7-16/h3-10H,2H2,1H3,(H,22,23)(H,24,25)/b14-10+. The van der Waals surface area contributed by atoms with Crippen LogP contribution >= 0.6 is 11.6 Å². The molecule has 2 rings (SSSR count). The van der Waals surface area contributed by atoms with E-state index in [1.807, 2.05) is 6.07 Å². The van der Waals surface area contributed by atoms with Gasteiger partial charge in [-0.1, -0.05) is 11.6 Å². The Hall–Kier alpha value is -3.30. The van der Waals surface area contributed by atoms with E-state index >= 15 is 0 Å². The molecule has 0 saturated carbocycles. The van der Waals surface area contributed by atoms with Crippen LogP contribution in [0.1, 0.15) is 22.8 Å². The molecule has 0 heterocycles. The Balaban J connectivity index is 2.35. The maximum absolute atomic E-state index is 12.3. The molecule has 0 aliphatic carbocycles. The number of amides is 1. The molecule has 0 saturated heterocycles. The number of hydrogen-bond donors (Lipinski definition) is 2. The van der Waals surface area contributed by atoms with Gasteiger partial charge in [-0.2, -0.15) is 5.26 Å². The number of benzene rings is 2. The fourth-order valence-corrected chi connectivity index (χ4v) is 2.24. The third kappa shape index (κ3) is 4.85. The van der Waals surface area contributed by atoms with Crippen LogP contribution in [0.2, 0.25) is 5.02 Å². The minimum atomic E-state index is -1.12. The molecule has 6 nitrogen and oxygen atoms in total. The zero-order chi connectivity index (χ0) is 19.1. The predicted octanol–water partition coefficient (Wildman–Crippen LogP) is 3.98. The Bertz CT molecular complexity index is 899. The highest BCUT2D eigenvalue weighted by Gasteiger charge is 2.13. The number of ether oxygens (including phenoxy) is 1. The van der Waals surface area contributed by atoms with E-state index in [-0.39, 0.29) is 11.1 Å². The van der Waals surface area contributed by atoms with Gasteiger partial charge in [0.2, 0.25) is 0 Å². The van der Waals surface area contributed by atoms with E-state index in [1.54, 1.807) is 31.2 Å². The second kappa shape index (κ2) is 8.70. The zero-order valence-corrected chi connectivity index (χ0v) is 14.6. The molecule has 0 atom stereocenters. The molecule has 7 heteroatoms. The quantitative estimate of drug-likeness (QED) is 0.591. The highest BCUT2D eigenvalue weighted by Crippen LogP contribution is 2.24. The van der Waals surface area contributed by atoms with Gasteiger partial charge in [0, 0.05) is 16.3 Å². The van der Waals surface area contributed by atoms with Crippen LogP contribution in [0.25, 0.3) is 6.08 Å². The molecule has 2 aromatic carbocycles. The minimum absolute atomic E-state index is 0.0232. The van der Waals surface area contributed by atoms with Gasteiger partial charge in [0.25, 0.3) is 5.91 Å². The molecule has 0 spiro atoms. The number of carbonyl (C=O) groups is 2. The van der Waals surface area contributed by atoms with E-state index in [1.165, 1.54) is 24.3 Å². The SMILES string of the molecule is CCOc1ccc(C(=O)O)cc1/C=C(\C#N)C(=O)Nc1ccc(Cl)cc1. The van der Waals surface area contributed by atoms with Crippen molar-refractivity contribution in [2.75, 3.05) is 11.9 Å². The lowest BCUT2D eigenvalue weighted by Gasteiger charge is -2.09. The Morgan fingerprint density at radius 3 is 2.54 bits per heavy atom. The molecule has 0 fully saturated rings. The molecule has 0 aliphatic rings. The Morgan fingerprint density at radius 2 is 1.96 bits per heavy atom. The van der Waals surface area contributed by atoms with Crippen LogP contribution in [0.4, 0.5) is 5.69 Å². The van der Waals surface area contributed by atoms with Gasteiger partial charge in [0.15, 0.2) is 0 Å². The van der Waals surface area contributed by atoms with Gasteiger partial charge in [-0.05, 0) is 55.5 Å². The molecule has 0 radical (unpaired) electrons. The van der Waals surface area contributed by atoms with E-state index in [0.29, 0.717) is 28.6 Å². The molecule has 1 amide bonds. The van der Waals surface area contributed by atoms with Crippen molar-refractivity contribution in [1.82, 2.24) is 0 Å². The third-order valence-corrected chi connectivity index (χ3v) is 3.58. The average molecular weight is 371 g/mol. The van der Waals surface area contributed by atoms with E-state index < -0.39 is 11.9 Å². The van der Waals surface area contributed by atoms with Gasteiger partial charge >= 0.3 is 5.97 Å². The van der Waals surface area contributed by atoms with Gasteiger partial charge in [0.1, 0.15) is 17.4 Å². The van der Waals surface area contributed by atoms with E-state index in [2.05, 4.69) is 5.32 Å². The maximum atomic E-state index is 12.3. The monoisotopic (exact) mass is 370 g/mol. The summed E-state index contributed by atoms with van der Waals surface area (Å²) < 4.78 is 5.44. The average Bonchev–Trinajstić information content (AvgIpc) is 2.62. The minimum Gasteiger partial charge on any atom is -0.493 e. The molecule has 0 bridgehead atoms. The molecule has 2 N–H and O–H groups in total. The number of rotatable bonds is 6. The number of carbonyl (C=O) groups excluding carboxylic acids is 1. The highest BCUT2D eigenvalue weighted by atomic mass is 35.5.